The molecule has 0 atom stereocenters. The van der Waals surface area contributed by atoms with E-state index in [1.165, 1.54) is 6.33 Å². The van der Waals surface area contributed by atoms with Crippen LogP contribution in [0.15, 0.2) is 24.8 Å². The minimum atomic E-state index is 0.504. The summed E-state index contributed by atoms with van der Waals surface area (Å²) in [6.07, 6.45) is 6.70. The van der Waals surface area contributed by atoms with Gasteiger partial charge in [-0.1, -0.05) is 24.9 Å². The number of aromatic nitrogens is 3. The molecule has 0 aliphatic rings. The number of nitrogens with zero attached hydrogens (tertiary/aromatic N) is 3. The van der Waals surface area contributed by atoms with Gasteiger partial charge in [-0.2, -0.15) is 0 Å². The predicted octanol–water partition coefficient (Wildman–Crippen LogP) is 3.15. The molecule has 2 aromatic rings. The Morgan fingerprint density at radius 1 is 1.28 bits per heavy atom. The fraction of sp³-hybridized carbons (Fsp3) is 0.308. The van der Waals surface area contributed by atoms with E-state index in [9.17, 15) is 0 Å². The summed E-state index contributed by atoms with van der Waals surface area (Å²) in [4.78, 5) is 12.5. The maximum Gasteiger partial charge on any atom is 0.137 e. The highest BCUT2D eigenvalue weighted by Crippen LogP contribution is 2.28. The molecule has 94 valence electrons. The third kappa shape index (κ3) is 2.59. The molecule has 0 aliphatic carbocycles. The second-order valence-electron chi connectivity index (χ2n) is 3.86. The van der Waals surface area contributed by atoms with Crippen LogP contribution in [0.1, 0.15) is 18.9 Å². The maximum atomic E-state index is 6.13. The zero-order chi connectivity index (χ0) is 13.0. The lowest BCUT2D eigenvalue weighted by Gasteiger charge is -2.09. The first kappa shape index (κ1) is 12.8. The summed E-state index contributed by atoms with van der Waals surface area (Å²) in [6.45, 7) is 2.09. The van der Waals surface area contributed by atoms with Crippen LogP contribution in [0, 0.1) is 0 Å². The fourth-order valence-corrected chi connectivity index (χ4v) is 2.00. The molecule has 5 heteroatoms. The fourth-order valence-electron chi connectivity index (χ4n) is 1.77. The molecule has 0 saturated carbocycles. The molecule has 0 amide bonds. The van der Waals surface area contributed by atoms with Crippen LogP contribution in [0.2, 0.25) is 5.15 Å². The second kappa shape index (κ2) is 5.78. The van der Waals surface area contributed by atoms with Crippen molar-refractivity contribution in [2.75, 3.05) is 7.11 Å². The van der Waals surface area contributed by atoms with Gasteiger partial charge < -0.3 is 4.74 Å². The topological polar surface area (TPSA) is 47.9 Å². The van der Waals surface area contributed by atoms with Crippen molar-refractivity contribution in [3.05, 3.63) is 35.5 Å². The first-order valence-corrected chi connectivity index (χ1v) is 6.12. The standard InChI is InChI=1S/C13H14ClN3O/c1-3-4-11-12(16-8-17-13(11)14)9-5-10(18-2)7-15-6-9/h5-8H,3-4H2,1-2H3. The summed E-state index contributed by atoms with van der Waals surface area (Å²) in [5.41, 5.74) is 2.67. The molecule has 0 saturated heterocycles. The van der Waals surface area contributed by atoms with Crippen molar-refractivity contribution in [1.29, 1.82) is 0 Å². The molecule has 0 bridgehead atoms. The number of halogens is 1. The molecule has 0 N–H and O–H groups in total. The summed E-state index contributed by atoms with van der Waals surface area (Å²) >= 11 is 6.13. The van der Waals surface area contributed by atoms with E-state index < -0.39 is 0 Å². The van der Waals surface area contributed by atoms with Crippen molar-refractivity contribution in [3.63, 3.8) is 0 Å². The molecule has 2 rings (SSSR count). The van der Waals surface area contributed by atoms with Crippen LogP contribution in [0.25, 0.3) is 11.3 Å². The summed E-state index contributed by atoms with van der Waals surface area (Å²) in [5.74, 6) is 0.699. The van der Waals surface area contributed by atoms with E-state index in [1.807, 2.05) is 6.07 Å². The molecule has 2 heterocycles. The predicted molar refractivity (Wildman–Crippen MR) is 70.8 cm³/mol. The molecule has 4 nitrogen and oxygen atoms in total. The Morgan fingerprint density at radius 3 is 2.83 bits per heavy atom. The van der Waals surface area contributed by atoms with Gasteiger partial charge in [-0.15, -0.1) is 0 Å². The van der Waals surface area contributed by atoms with Gasteiger partial charge in [0.1, 0.15) is 17.2 Å². The van der Waals surface area contributed by atoms with Crippen LogP contribution in [-0.2, 0) is 6.42 Å². The Kier molecular flexibility index (Phi) is 4.10. The van der Waals surface area contributed by atoms with Crippen LogP contribution in [-0.4, -0.2) is 22.1 Å². The molecular weight excluding hydrogens is 250 g/mol. The first-order valence-electron chi connectivity index (χ1n) is 5.75. The number of hydrogen-bond acceptors (Lipinski definition) is 4. The van der Waals surface area contributed by atoms with E-state index in [2.05, 4.69) is 21.9 Å². The van der Waals surface area contributed by atoms with Crippen LogP contribution in [0.4, 0.5) is 0 Å². The van der Waals surface area contributed by atoms with E-state index in [1.54, 1.807) is 19.5 Å². The lowest BCUT2D eigenvalue weighted by molar-refractivity contribution is 0.413. The van der Waals surface area contributed by atoms with Crippen molar-refractivity contribution in [1.82, 2.24) is 15.0 Å². The Morgan fingerprint density at radius 2 is 2.11 bits per heavy atom. The number of pyridine rings is 1. The van der Waals surface area contributed by atoms with Crippen LogP contribution >= 0.6 is 11.6 Å². The third-order valence-corrected chi connectivity index (χ3v) is 2.94. The normalized spacial score (nSPS) is 10.4. The van der Waals surface area contributed by atoms with Gasteiger partial charge in [-0.25, -0.2) is 9.97 Å². The number of methoxy groups -OCH3 is 1. The minimum Gasteiger partial charge on any atom is -0.495 e. The number of ether oxygens (including phenoxy) is 1. The van der Waals surface area contributed by atoms with Crippen LogP contribution < -0.4 is 4.74 Å². The zero-order valence-corrected chi connectivity index (χ0v) is 11.1. The average molecular weight is 264 g/mol. The number of hydrogen-bond donors (Lipinski definition) is 0. The highest BCUT2D eigenvalue weighted by Gasteiger charge is 2.12. The van der Waals surface area contributed by atoms with Crippen LogP contribution in [0.5, 0.6) is 5.75 Å². The summed E-state index contributed by atoms with van der Waals surface area (Å²) < 4.78 is 5.17. The lowest BCUT2D eigenvalue weighted by atomic mass is 10.1. The zero-order valence-electron chi connectivity index (χ0n) is 10.4. The van der Waals surface area contributed by atoms with E-state index in [0.29, 0.717) is 10.9 Å². The highest BCUT2D eigenvalue weighted by molar-refractivity contribution is 6.30. The molecule has 0 unspecified atom stereocenters. The van der Waals surface area contributed by atoms with Crippen molar-refractivity contribution < 1.29 is 4.74 Å². The smallest absolute Gasteiger partial charge is 0.137 e. The maximum absolute atomic E-state index is 6.13. The van der Waals surface area contributed by atoms with Crippen LogP contribution in [0.3, 0.4) is 0 Å². The largest absolute Gasteiger partial charge is 0.495 e. The Hall–Kier alpha value is -1.68. The van der Waals surface area contributed by atoms with Crippen molar-refractivity contribution in [2.45, 2.75) is 19.8 Å². The average Bonchev–Trinajstić information content (AvgIpc) is 2.41. The molecule has 0 spiro atoms. The molecule has 0 radical (unpaired) electrons. The van der Waals surface area contributed by atoms with Gasteiger partial charge in [0, 0.05) is 17.3 Å². The Bertz CT molecular complexity index is 546. The summed E-state index contributed by atoms with van der Waals surface area (Å²) in [6, 6.07) is 1.89. The van der Waals surface area contributed by atoms with Crippen molar-refractivity contribution in [2.24, 2.45) is 0 Å². The molecule has 0 fully saturated rings. The van der Waals surface area contributed by atoms with Crippen molar-refractivity contribution in [3.8, 4) is 17.0 Å². The van der Waals surface area contributed by atoms with E-state index in [-0.39, 0.29) is 0 Å². The second-order valence-corrected chi connectivity index (χ2v) is 4.21. The van der Waals surface area contributed by atoms with E-state index in [4.69, 9.17) is 16.3 Å². The Balaban J connectivity index is 2.52. The van der Waals surface area contributed by atoms with E-state index >= 15 is 0 Å². The van der Waals surface area contributed by atoms with Gasteiger partial charge in [0.15, 0.2) is 0 Å². The summed E-state index contributed by atoms with van der Waals surface area (Å²) in [5, 5.41) is 0.504. The SMILES string of the molecule is CCCc1c(Cl)ncnc1-c1cncc(OC)c1. The highest BCUT2D eigenvalue weighted by atomic mass is 35.5. The van der Waals surface area contributed by atoms with E-state index in [0.717, 1.165) is 29.7 Å². The van der Waals surface area contributed by atoms with Gasteiger partial charge in [0.25, 0.3) is 0 Å². The monoisotopic (exact) mass is 263 g/mol. The van der Waals surface area contributed by atoms with Crippen molar-refractivity contribution >= 4 is 11.6 Å². The minimum absolute atomic E-state index is 0.504. The number of rotatable bonds is 4. The van der Waals surface area contributed by atoms with Gasteiger partial charge in [0.2, 0.25) is 0 Å². The molecular formula is C13H14ClN3O. The Labute approximate surface area is 111 Å². The van der Waals surface area contributed by atoms with Gasteiger partial charge in [-0.05, 0) is 12.5 Å². The molecule has 18 heavy (non-hydrogen) atoms. The first-order chi connectivity index (χ1) is 8.76. The molecule has 0 aliphatic heterocycles. The molecule has 0 aromatic carbocycles. The summed E-state index contributed by atoms with van der Waals surface area (Å²) in [7, 11) is 1.61. The van der Waals surface area contributed by atoms with Gasteiger partial charge in [0.05, 0.1) is 19.0 Å². The third-order valence-electron chi connectivity index (χ3n) is 2.62. The van der Waals surface area contributed by atoms with Gasteiger partial charge >= 0.3 is 0 Å². The lowest BCUT2D eigenvalue weighted by Crippen LogP contribution is -1.97. The molecule has 2 aromatic heterocycles. The van der Waals surface area contributed by atoms with Gasteiger partial charge in [-0.3, -0.25) is 4.98 Å². The quantitative estimate of drug-likeness (QED) is 0.795.